The van der Waals surface area contributed by atoms with Crippen LogP contribution in [0.15, 0.2) is 48.5 Å². The highest BCUT2D eigenvalue weighted by Gasteiger charge is 2.15. The fraction of sp³-hybridized carbons (Fsp3) is 0.211. The van der Waals surface area contributed by atoms with Crippen LogP contribution in [0.25, 0.3) is 0 Å². The van der Waals surface area contributed by atoms with Crippen LogP contribution in [-0.4, -0.2) is 23.8 Å². The summed E-state index contributed by atoms with van der Waals surface area (Å²) in [6.45, 7) is 3.78. The van der Waals surface area contributed by atoms with E-state index in [1.165, 1.54) is 0 Å². The highest BCUT2D eigenvalue weighted by molar-refractivity contribution is 6.35. The predicted octanol–water partition coefficient (Wildman–Crippen LogP) is 2.20. The molecule has 0 radical (unpaired) electrons. The van der Waals surface area contributed by atoms with Gasteiger partial charge >= 0.3 is 11.8 Å². The molecule has 3 N–H and O–H groups in total. The van der Waals surface area contributed by atoms with Crippen molar-refractivity contribution in [3.8, 4) is 5.75 Å². The number of carbonyl (C=O) groups is 3. The van der Waals surface area contributed by atoms with Gasteiger partial charge in [0.1, 0.15) is 12.4 Å². The summed E-state index contributed by atoms with van der Waals surface area (Å²) >= 11 is 5.82. The van der Waals surface area contributed by atoms with Crippen molar-refractivity contribution in [2.45, 2.75) is 26.5 Å². The molecule has 0 fully saturated rings. The van der Waals surface area contributed by atoms with Crippen LogP contribution in [0.5, 0.6) is 5.75 Å². The van der Waals surface area contributed by atoms with Gasteiger partial charge in [-0.1, -0.05) is 23.7 Å². The van der Waals surface area contributed by atoms with Gasteiger partial charge < -0.3 is 10.1 Å². The minimum Gasteiger partial charge on any atom is -0.489 e. The predicted molar refractivity (Wildman–Crippen MR) is 101 cm³/mol. The third-order valence-corrected chi connectivity index (χ3v) is 3.60. The second kappa shape index (κ2) is 9.59. The minimum absolute atomic E-state index is 0.179. The fourth-order valence-electron chi connectivity index (χ4n) is 2.02. The first kappa shape index (κ1) is 20.3. The molecule has 0 aliphatic carbocycles. The third-order valence-electron chi connectivity index (χ3n) is 3.35. The second-order valence-electron chi connectivity index (χ2n) is 5.98. The SMILES string of the molecule is CC(C)NC(=O)C(=O)NNC(=O)c1ccc(COc2ccc(Cl)cc2)cc1. The summed E-state index contributed by atoms with van der Waals surface area (Å²) in [7, 11) is 0. The van der Waals surface area contributed by atoms with Gasteiger partial charge in [-0.2, -0.15) is 0 Å². The maximum absolute atomic E-state index is 12.0. The number of halogens is 1. The zero-order chi connectivity index (χ0) is 19.8. The van der Waals surface area contributed by atoms with Gasteiger partial charge in [-0.25, -0.2) is 0 Å². The Morgan fingerprint density at radius 1 is 0.926 bits per heavy atom. The van der Waals surface area contributed by atoms with Gasteiger partial charge in [-0.3, -0.25) is 25.2 Å². The average molecular weight is 390 g/mol. The van der Waals surface area contributed by atoms with Gasteiger partial charge in [0.05, 0.1) is 0 Å². The van der Waals surface area contributed by atoms with Crippen LogP contribution < -0.4 is 20.9 Å². The molecule has 0 aliphatic rings. The lowest BCUT2D eigenvalue weighted by Crippen LogP contribution is -2.49. The molecule has 0 aliphatic heterocycles. The number of rotatable bonds is 5. The molecule has 2 aromatic carbocycles. The maximum Gasteiger partial charge on any atom is 0.327 e. The van der Waals surface area contributed by atoms with Crippen LogP contribution in [0, 0.1) is 0 Å². The van der Waals surface area contributed by atoms with Crippen molar-refractivity contribution in [3.63, 3.8) is 0 Å². The molecule has 27 heavy (non-hydrogen) atoms. The Bertz CT molecular complexity index is 805. The molecule has 2 rings (SSSR count). The van der Waals surface area contributed by atoms with E-state index in [-0.39, 0.29) is 6.04 Å². The smallest absolute Gasteiger partial charge is 0.327 e. The number of hydrogen-bond donors (Lipinski definition) is 3. The zero-order valence-electron chi connectivity index (χ0n) is 14.9. The molecule has 0 aromatic heterocycles. The molecule has 0 atom stereocenters. The number of nitrogens with one attached hydrogen (secondary N) is 3. The van der Waals surface area contributed by atoms with Crippen LogP contribution in [0.1, 0.15) is 29.8 Å². The van der Waals surface area contributed by atoms with Crippen molar-refractivity contribution in [2.24, 2.45) is 0 Å². The van der Waals surface area contributed by atoms with Gasteiger partial charge in [0.25, 0.3) is 5.91 Å². The van der Waals surface area contributed by atoms with E-state index >= 15 is 0 Å². The molecular weight excluding hydrogens is 370 g/mol. The van der Waals surface area contributed by atoms with Crippen LogP contribution in [0.4, 0.5) is 0 Å². The first-order valence-corrected chi connectivity index (χ1v) is 8.61. The van der Waals surface area contributed by atoms with Crippen molar-refractivity contribution in [1.29, 1.82) is 0 Å². The highest BCUT2D eigenvalue weighted by atomic mass is 35.5. The Morgan fingerprint density at radius 2 is 1.56 bits per heavy atom. The van der Waals surface area contributed by atoms with Crippen LogP contribution in [0.2, 0.25) is 5.02 Å². The molecule has 0 saturated heterocycles. The van der Waals surface area contributed by atoms with Crippen molar-refractivity contribution in [3.05, 3.63) is 64.7 Å². The second-order valence-corrected chi connectivity index (χ2v) is 6.41. The number of benzene rings is 2. The summed E-state index contributed by atoms with van der Waals surface area (Å²) in [6, 6.07) is 13.5. The van der Waals surface area contributed by atoms with E-state index in [1.807, 2.05) is 0 Å². The lowest BCUT2D eigenvalue weighted by Gasteiger charge is -2.10. The molecule has 8 heteroatoms. The van der Waals surface area contributed by atoms with Crippen molar-refractivity contribution < 1.29 is 19.1 Å². The summed E-state index contributed by atoms with van der Waals surface area (Å²) in [4.78, 5) is 35.0. The van der Waals surface area contributed by atoms with Crippen molar-refractivity contribution in [2.75, 3.05) is 0 Å². The van der Waals surface area contributed by atoms with Crippen LogP contribution in [0.3, 0.4) is 0 Å². The fourth-order valence-corrected chi connectivity index (χ4v) is 2.15. The van der Waals surface area contributed by atoms with Gasteiger partial charge in [-0.15, -0.1) is 0 Å². The monoisotopic (exact) mass is 389 g/mol. The minimum atomic E-state index is -0.940. The maximum atomic E-state index is 12.0. The quantitative estimate of drug-likeness (QED) is 0.539. The first-order valence-electron chi connectivity index (χ1n) is 8.23. The van der Waals surface area contributed by atoms with Gasteiger partial charge in [-0.05, 0) is 55.8 Å². The van der Waals surface area contributed by atoms with E-state index in [0.29, 0.717) is 22.9 Å². The first-order chi connectivity index (χ1) is 12.8. The largest absolute Gasteiger partial charge is 0.489 e. The Balaban J connectivity index is 1.83. The van der Waals surface area contributed by atoms with Crippen molar-refractivity contribution in [1.82, 2.24) is 16.2 Å². The van der Waals surface area contributed by atoms with Crippen LogP contribution >= 0.6 is 11.6 Å². The summed E-state index contributed by atoms with van der Waals surface area (Å²) in [5.41, 5.74) is 5.45. The van der Waals surface area contributed by atoms with Gasteiger partial charge in [0.2, 0.25) is 0 Å². The Morgan fingerprint density at radius 3 is 2.15 bits per heavy atom. The van der Waals surface area contributed by atoms with E-state index in [2.05, 4.69) is 16.2 Å². The van der Waals surface area contributed by atoms with E-state index < -0.39 is 17.7 Å². The topological polar surface area (TPSA) is 96.5 Å². The summed E-state index contributed by atoms with van der Waals surface area (Å²) < 4.78 is 5.62. The summed E-state index contributed by atoms with van der Waals surface area (Å²) in [5.74, 6) is -1.61. The molecule has 0 unspecified atom stereocenters. The van der Waals surface area contributed by atoms with E-state index in [9.17, 15) is 14.4 Å². The summed E-state index contributed by atoms with van der Waals surface area (Å²) in [6.07, 6.45) is 0. The molecule has 0 bridgehead atoms. The number of hydrazine groups is 1. The molecule has 0 saturated carbocycles. The average Bonchev–Trinajstić information content (AvgIpc) is 2.65. The Kier molecular flexibility index (Phi) is 7.19. The molecule has 0 heterocycles. The van der Waals surface area contributed by atoms with Crippen molar-refractivity contribution >= 4 is 29.3 Å². The third kappa shape index (κ3) is 6.63. The summed E-state index contributed by atoms with van der Waals surface area (Å²) in [5, 5.41) is 3.05. The zero-order valence-corrected chi connectivity index (χ0v) is 15.7. The molecule has 0 spiro atoms. The normalized spacial score (nSPS) is 10.2. The van der Waals surface area contributed by atoms with E-state index in [1.54, 1.807) is 62.4 Å². The number of hydrogen-bond acceptors (Lipinski definition) is 4. The number of carbonyl (C=O) groups excluding carboxylic acids is 3. The number of ether oxygens (including phenoxy) is 1. The van der Waals surface area contributed by atoms with Gasteiger partial charge in [0.15, 0.2) is 0 Å². The molecule has 7 nitrogen and oxygen atoms in total. The molecule has 2 aromatic rings. The Hall–Kier alpha value is -3.06. The lowest BCUT2D eigenvalue weighted by molar-refractivity contribution is -0.139. The van der Waals surface area contributed by atoms with E-state index in [4.69, 9.17) is 16.3 Å². The standard InChI is InChI=1S/C19H20ClN3O4/c1-12(2)21-18(25)19(26)23-22-17(24)14-5-3-13(4-6-14)11-27-16-9-7-15(20)8-10-16/h3-10,12H,11H2,1-2H3,(H,21,25)(H,22,24)(H,23,26). The van der Waals surface area contributed by atoms with E-state index in [0.717, 1.165) is 5.56 Å². The number of amides is 3. The molecular formula is C19H20ClN3O4. The molecule has 142 valence electrons. The van der Waals surface area contributed by atoms with Gasteiger partial charge in [0, 0.05) is 16.6 Å². The Labute approximate surface area is 162 Å². The lowest BCUT2D eigenvalue weighted by atomic mass is 10.1. The molecule has 3 amide bonds. The highest BCUT2D eigenvalue weighted by Crippen LogP contribution is 2.17. The van der Waals surface area contributed by atoms with Crippen LogP contribution in [-0.2, 0) is 16.2 Å².